The van der Waals surface area contributed by atoms with E-state index in [0.717, 1.165) is 10.9 Å². The second-order valence-corrected chi connectivity index (χ2v) is 7.53. The van der Waals surface area contributed by atoms with Crippen molar-refractivity contribution < 1.29 is 0 Å². The zero-order chi connectivity index (χ0) is 14.7. The molecule has 0 saturated carbocycles. The summed E-state index contributed by atoms with van der Waals surface area (Å²) in [6.45, 7) is 6.67. The molecule has 2 rings (SSSR count). The summed E-state index contributed by atoms with van der Waals surface area (Å²) in [5.74, 6) is 0.702. The van der Waals surface area contributed by atoms with Gasteiger partial charge in [-0.25, -0.2) is 0 Å². The van der Waals surface area contributed by atoms with E-state index < -0.39 is 0 Å². The lowest BCUT2D eigenvalue weighted by Gasteiger charge is -2.15. The van der Waals surface area contributed by atoms with Crippen LogP contribution in [0.2, 0.25) is 0 Å². The van der Waals surface area contributed by atoms with Crippen LogP contribution in [0.3, 0.4) is 0 Å². The Morgan fingerprint density at radius 2 is 1.65 bits per heavy atom. The predicted octanol–water partition coefficient (Wildman–Crippen LogP) is 6.44. The highest BCUT2D eigenvalue weighted by Crippen LogP contribution is 2.34. The Bertz CT molecular complexity index is 570. The number of hydrogen-bond donors (Lipinski definition) is 0. The van der Waals surface area contributed by atoms with Gasteiger partial charge in [-0.15, -0.1) is 0 Å². The Labute approximate surface area is 138 Å². The lowest BCUT2D eigenvalue weighted by Crippen LogP contribution is -1.98. The Morgan fingerprint density at radius 1 is 1.00 bits per heavy atom. The van der Waals surface area contributed by atoms with Gasteiger partial charge >= 0.3 is 0 Å². The minimum absolute atomic E-state index is 0.244. The Morgan fingerprint density at radius 3 is 2.25 bits per heavy atom. The summed E-state index contributed by atoms with van der Waals surface area (Å²) in [5, 5.41) is 0. The summed E-state index contributed by atoms with van der Waals surface area (Å²) in [4.78, 5) is 0.244. The van der Waals surface area contributed by atoms with Gasteiger partial charge in [0, 0.05) is 4.47 Å². The first-order chi connectivity index (χ1) is 9.47. The molecule has 0 aromatic heterocycles. The average Bonchev–Trinajstić information content (AvgIpc) is 2.41. The van der Waals surface area contributed by atoms with Gasteiger partial charge in [-0.3, -0.25) is 0 Å². The van der Waals surface area contributed by atoms with E-state index >= 15 is 0 Å². The van der Waals surface area contributed by atoms with Gasteiger partial charge in [-0.05, 0) is 53.6 Å². The molecule has 0 aliphatic carbocycles. The molecule has 2 aromatic carbocycles. The van der Waals surface area contributed by atoms with Crippen molar-refractivity contribution in [2.75, 3.05) is 0 Å². The molecule has 0 aliphatic heterocycles. The maximum absolute atomic E-state index is 3.83. The first-order valence-corrected chi connectivity index (χ1v) is 8.67. The highest BCUT2D eigenvalue weighted by Gasteiger charge is 2.13. The van der Waals surface area contributed by atoms with Crippen LogP contribution in [-0.4, -0.2) is 0 Å². The number of halogens is 2. The van der Waals surface area contributed by atoms with Crippen molar-refractivity contribution >= 4 is 31.9 Å². The predicted molar refractivity (Wildman–Crippen MR) is 94.6 cm³/mol. The first-order valence-electron chi connectivity index (χ1n) is 6.96. The van der Waals surface area contributed by atoms with Crippen LogP contribution >= 0.6 is 31.9 Å². The molecule has 2 aromatic rings. The lowest BCUT2D eigenvalue weighted by molar-refractivity contribution is 0.647. The topological polar surface area (TPSA) is 0 Å². The number of alkyl halides is 1. The van der Waals surface area contributed by atoms with E-state index in [9.17, 15) is 0 Å². The summed E-state index contributed by atoms with van der Waals surface area (Å²) in [7, 11) is 0. The molecule has 0 saturated heterocycles. The van der Waals surface area contributed by atoms with Crippen LogP contribution < -0.4 is 0 Å². The molecule has 0 aliphatic rings. The molecule has 0 nitrogen and oxygen atoms in total. The van der Waals surface area contributed by atoms with Crippen molar-refractivity contribution in [1.82, 2.24) is 0 Å². The van der Waals surface area contributed by atoms with Crippen molar-refractivity contribution in [1.29, 1.82) is 0 Å². The van der Waals surface area contributed by atoms with Gasteiger partial charge < -0.3 is 0 Å². The van der Waals surface area contributed by atoms with Gasteiger partial charge in [0.1, 0.15) is 0 Å². The van der Waals surface area contributed by atoms with Gasteiger partial charge in [-0.1, -0.05) is 76.0 Å². The fourth-order valence-electron chi connectivity index (χ4n) is 2.36. The molecule has 0 fully saturated rings. The van der Waals surface area contributed by atoms with Crippen molar-refractivity contribution in [3.05, 3.63) is 69.2 Å². The van der Waals surface area contributed by atoms with E-state index in [1.54, 1.807) is 0 Å². The van der Waals surface area contributed by atoms with E-state index in [4.69, 9.17) is 0 Å². The van der Waals surface area contributed by atoms with Crippen LogP contribution in [0.25, 0.3) is 0 Å². The normalized spacial score (nSPS) is 12.7. The largest absolute Gasteiger partial charge is 0.0786 e. The van der Waals surface area contributed by atoms with Crippen LogP contribution in [0.15, 0.2) is 46.9 Å². The minimum Gasteiger partial charge on any atom is -0.0786 e. The van der Waals surface area contributed by atoms with Crippen molar-refractivity contribution in [2.24, 2.45) is 5.92 Å². The molecule has 0 amide bonds. The molecule has 1 unspecified atom stereocenters. The third-order valence-electron chi connectivity index (χ3n) is 3.43. The number of aryl methyl sites for hydroxylation is 1. The second kappa shape index (κ2) is 6.91. The van der Waals surface area contributed by atoms with Crippen LogP contribution in [0, 0.1) is 12.8 Å². The summed E-state index contributed by atoms with van der Waals surface area (Å²) >= 11 is 7.39. The maximum atomic E-state index is 3.83. The second-order valence-electron chi connectivity index (χ2n) is 5.70. The van der Waals surface area contributed by atoms with Gasteiger partial charge in [0.15, 0.2) is 0 Å². The SMILES string of the molecule is Cc1ccc(Br)cc1C(Br)c1ccc(CC(C)C)cc1. The summed E-state index contributed by atoms with van der Waals surface area (Å²) < 4.78 is 1.12. The molecular weight excluding hydrogens is 376 g/mol. The molecule has 0 spiro atoms. The van der Waals surface area contributed by atoms with Crippen LogP contribution in [-0.2, 0) is 6.42 Å². The molecule has 0 radical (unpaired) electrons. The Kier molecular flexibility index (Phi) is 5.45. The highest BCUT2D eigenvalue weighted by molar-refractivity contribution is 9.10. The van der Waals surface area contributed by atoms with E-state index in [1.807, 2.05) is 0 Å². The number of rotatable bonds is 4. The highest BCUT2D eigenvalue weighted by atomic mass is 79.9. The molecule has 0 heterocycles. The Balaban J connectivity index is 2.24. The molecule has 106 valence electrons. The average molecular weight is 396 g/mol. The van der Waals surface area contributed by atoms with E-state index in [-0.39, 0.29) is 4.83 Å². The van der Waals surface area contributed by atoms with Gasteiger partial charge in [0.05, 0.1) is 4.83 Å². The van der Waals surface area contributed by atoms with Gasteiger partial charge in [0.25, 0.3) is 0 Å². The third kappa shape index (κ3) is 3.95. The summed E-state index contributed by atoms with van der Waals surface area (Å²) in [6, 6.07) is 15.4. The fraction of sp³-hybridized carbons (Fsp3) is 0.333. The molecule has 0 bridgehead atoms. The maximum Gasteiger partial charge on any atom is 0.0647 e. The Hall–Kier alpha value is -0.600. The van der Waals surface area contributed by atoms with Crippen LogP contribution in [0.5, 0.6) is 0 Å². The van der Waals surface area contributed by atoms with Crippen LogP contribution in [0.4, 0.5) is 0 Å². The standard InChI is InChI=1S/C18H20Br2/c1-12(2)10-14-5-7-15(8-6-14)18(20)17-11-16(19)9-4-13(17)3/h4-9,11-12,18H,10H2,1-3H3. The number of benzene rings is 2. The lowest BCUT2D eigenvalue weighted by atomic mass is 9.97. The minimum atomic E-state index is 0.244. The molecular formula is C18H20Br2. The first kappa shape index (κ1) is 15.8. The van der Waals surface area contributed by atoms with Gasteiger partial charge in [0.2, 0.25) is 0 Å². The summed E-state index contributed by atoms with van der Waals surface area (Å²) in [6.07, 6.45) is 1.14. The molecule has 0 N–H and O–H groups in total. The molecule has 20 heavy (non-hydrogen) atoms. The van der Waals surface area contributed by atoms with Gasteiger partial charge in [-0.2, -0.15) is 0 Å². The van der Waals surface area contributed by atoms with Crippen molar-refractivity contribution in [2.45, 2.75) is 32.0 Å². The molecule has 2 heteroatoms. The summed E-state index contributed by atoms with van der Waals surface area (Å²) in [5.41, 5.74) is 5.34. The van der Waals surface area contributed by atoms with E-state index in [0.29, 0.717) is 5.92 Å². The van der Waals surface area contributed by atoms with E-state index in [2.05, 4.69) is 95.1 Å². The monoisotopic (exact) mass is 394 g/mol. The smallest absolute Gasteiger partial charge is 0.0647 e. The fourth-order valence-corrected chi connectivity index (χ4v) is 3.54. The molecule has 1 atom stereocenters. The van der Waals surface area contributed by atoms with Crippen molar-refractivity contribution in [3.8, 4) is 0 Å². The van der Waals surface area contributed by atoms with Crippen molar-refractivity contribution in [3.63, 3.8) is 0 Å². The third-order valence-corrected chi connectivity index (χ3v) is 4.95. The quantitative estimate of drug-likeness (QED) is 0.522. The number of hydrogen-bond acceptors (Lipinski definition) is 0. The van der Waals surface area contributed by atoms with E-state index in [1.165, 1.54) is 22.3 Å². The zero-order valence-corrected chi connectivity index (χ0v) is 15.3. The zero-order valence-electron chi connectivity index (χ0n) is 12.2. The van der Waals surface area contributed by atoms with Crippen LogP contribution in [0.1, 0.15) is 40.9 Å².